The fraction of sp³-hybridized carbons (Fsp3) is 0.300. The molecule has 0 saturated carbocycles. The van der Waals surface area contributed by atoms with Crippen molar-refractivity contribution in [3.63, 3.8) is 0 Å². The fourth-order valence-electron chi connectivity index (χ4n) is 2.37. The summed E-state index contributed by atoms with van der Waals surface area (Å²) in [5, 5.41) is 0. The van der Waals surface area contributed by atoms with Crippen LogP contribution < -0.4 is 0 Å². The Hall–Kier alpha value is -2.55. The first kappa shape index (κ1) is 17.3. The van der Waals surface area contributed by atoms with Crippen LogP contribution in [-0.4, -0.2) is 29.5 Å². The van der Waals surface area contributed by atoms with Crippen molar-refractivity contribution in [2.24, 2.45) is 5.92 Å². The summed E-state index contributed by atoms with van der Waals surface area (Å²) < 4.78 is 24.2. The summed E-state index contributed by atoms with van der Waals surface area (Å²) in [5.74, 6) is 6.53. The third kappa shape index (κ3) is 4.96. The molecule has 0 radical (unpaired) electrons. The van der Waals surface area contributed by atoms with E-state index in [0.717, 1.165) is 12.0 Å². The Morgan fingerprint density at radius 2 is 1.84 bits per heavy atom. The second-order valence-electron chi connectivity index (χ2n) is 5.74. The van der Waals surface area contributed by atoms with Crippen molar-refractivity contribution in [2.75, 3.05) is 13.2 Å². The standard InChI is InChI=1S/C20H19FN2O2/c1-2-3-4-16-13-24-19(25-14-16)10-5-15-11-22-20(23-12-15)17-6-8-18(21)9-7-17/h2-3,6-9,11-12,16,19H,4,13-14H2,1H3/b3-2+. The fourth-order valence-corrected chi connectivity index (χ4v) is 2.37. The van der Waals surface area contributed by atoms with E-state index in [1.54, 1.807) is 24.5 Å². The van der Waals surface area contributed by atoms with Gasteiger partial charge >= 0.3 is 0 Å². The van der Waals surface area contributed by atoms with Crippen LogP contribution in [0, 0.1) is 23.6 Å². The monoisotopic (exact) mass is 338 g/mol. The summed E-state index contributed by atoms with van der Waals surface area (Å²) >= 11 is 0. The van der Waals surface area contributed by atoms with Crippen LogP contribution >= 0.6 is 0 Å². The van der Waals surface area contributed by atoms with Crippen molar-refractivity contribution in [3.05, 3.63) is 60.2 Å². The molecule has 0 unspecified atom stereocenters. The van der Waals surface area contributed by atoms with Gasteiger partial charge in [0, 0.05) is 23.9 Å². The molecule has 0 spiro atoms. The third-order valence-corrected chi connectivity index (χ3v) is 3.76. The molecule has 25 heavy (non-hydrogen) atoms. The highest BCUT2D eigenvalue weighted by Crippen LogP contribution is 2.16. The van der Waals surface area contributed by atoms with Gasteiger partial charge in [-0.15, -0.1) is 0 Å². The predicted octanol–water partition coefficient (Wildman–Crippen LogP) is 3.59. The van der Waals surface area contributed by atoms with Crippen LogP contribution in [0.15, 0.2) is 48.8 Å². The van der Waals surface area contributed by atoms with Gasteiger partial charge in [-0.2, -0.15) is 0 Å². The summed E-state index contributed by atoms with van der Waals surface area (Å²) in [5.41, 5.74) is 1.43. The molecule has 0 aliphatic carbocycles. The molecule has 0 atom stereocenters. The Balaban J connectivity index is 1.58. The van der Waals surface area contributed by atoms with Crippen molar-refractivity contribution in [1.82, 2.24) is 9.97 Å². The van der Waals surface area contributed by atoms with Crippen molar-refractivity contribution >= 4 is 0 Å². The maximum atomic E-state index is 12.9. The Labute approximate surface area is 146 Å². The summed E-state index contributed by atoms with van der Waals surface area (Å²) in [6.45, 7) is 3.29. The van der Waals surface area contributed by atoms with Gasteiger partial charge in [-0.25, -0.2) is 14.4 Å². The van der Waals surface area contributed by atoms with Crippen LogP contribution in [0.5, 0.6) is 0 Å². The third-order valence-electron chi connectivity index (χ3n) is 3.76. The van der Waals surface area contributed by atoms with E-state index in [0.29, 0.717) is 30.5 Å². The van der Waals surface area contributed by atoms with Gasteiger partial charge < -0.3 is 9.47 Å². The summed E-state index contributed by atoms with van der Waals surface area (Å²) in [6, 6.07) is 6.05. The van der Waals surface area contributed by atoms with E-state index in [-0.39, 0.29) is 5.82 Å². The summed E-state index contributed by atoms with van der Waals surface area (Å²) in [7, 11) is 0. The Morgan fingerprint density at radius 3 is 2.48 bits per heavy atom. The predicted molar refractivity (Wildman–Crippen MR) is 92.9 cm³/mol. The second-order valence-corrected chi connectivity index (χ2v) is 5.74. The molecule has 5 heteroatoms. The Bertz CT molecular complexity index is 768. The molecule has 1 aromatic carbocycles. The molecule has 128 valence electrons. The highest BCUT2D eigenvalue weighted by Gasteiger charge is 2.19. The first-order valence-corrected chi connectivity index (χ1v) is 8.18. The van der Waals surface area contributed by atoms with E-state index in [9.17, 15) is 4.39 Å². The number of nitrogens with zero attached hydrogens (tertiary/aromatic N) is 2. The summed E-state index contributed by atoms with van der Waals surface area (Å²) in [6.07, 6.45) is 7.85. The molecule has 2 aromatic rings. The highest BCUT2D eigenvalue weighted by molar-refractivity contribution is 5.54. The largest absolute Gasteiger partial charge is 0.342 e. The number of ether oxygens (including phenoxy) is 2. The topological polar surface area (TPSA) is 44.2 Å². The zero-order valence-electron chi connectivity index (χ0n) is 14.0. The van der Waals surface area contributed by atoms with Crippen LogP contribution in [0.25, 0.3) is 11.4 Å². The minimum Gasteiger partial charge on any atom is -0.342 e. The average Bonchev–Trinajstić information content (AvgIpc) is 2.67. The molecule has 1 aliphatic heterocycles. The van der Waals surface area contributed by atoms with Crippen molar-refractivity contribution in [3.8, 4) is 23.2 Å². The van der Waals surface area contributed by atoms with E-state index >= 15 is 0 Å². The van der Waals surface area contributed by atoms with E-state index in [1.165, 1.54) is 12.1 Å². The number of allylic oxidation sites excluding steroid dienone is 2. The van der Waals surface area contributed by atoms with Gasteiger partial charge in [-0.3, -0.25) is 0 Å². The maximum Gasteiger partial charge on any atom is 0.222 e. The van der Waals surface area contributed by atoms with E-state index in [2.05, 4.69) is 27.9 Å². The number of hydrogen-bond donors (Lipinski definition) is 0. The molecule has 4 nitrogen and oxygen atoms in total. The lowest BCUT2D eigenvalue weighted by Gasteiger charge is -2.25. The Morgan fingerprint density at radius 1 is 1.16 bits per heavy atom. The molecule has 1 aromatic heterocycles. The second kappa shape index (κ2) is 8.52. The number of aromatic nitrogens is 2. The minimum atomic E-state index is -0.515. The van der Waals surface area contributed by atoms with Crippen LogP contribution in [0.4, 0.5) is 4.39 Å². The van der Waals surface area contributed by atoms with Gasteiger partial charge in [0.15, 0.2) is 5.82 Å². The first-order chi connectivity index (χ1) is 12.2. The van der Waals surface area contributed by atoms with Gasteiger partial charge in [0.25, 0.3) is 0 Å². The molecule has 1 saturated heterocycles. The van der Waals surface area contributed by atoms with Gasteiger partial charge in [0.2, 0.25) is 6.29 Å². The number of halogens is 1. The highest BCUT2D eigenvalue weighted by atomic mass is 19.1. The van der Waals surface area contributed by atoms with Crippen LogP contribution in [-0.2, 0) is 9.47 Å². The van der Waals surface area contributed by atoms with Crippen molar-refractivity contribution < 1.29 is 13.9 Å². The van der Waals surface area contributed by atoms with Gasteiger partial charge in [-0.1, -0.05) is 18.1 Å². The number of rotatable bonds is 3. The minimum absolute atomic E-state index is 0.285. The molecule has 3 rings (SSSR count). The normalized spacial score (nSPS) is 20.2. The van der Waals surface area contributed by atoms with Crippen molar-refractivity contribution in [2.45, 2.75) is 19.6 Å². The molecule has 0 N–H and O–H groups in total. The van der Waals surface area contributed by atoms with E-state index < -0.39 is 6.29 Å². The zero-order chi connectivity index (χ0) is 17.5. The Kier molecular flexibility index (Phi) is 5.89. The molecule has 2 heterocycles. The number of hydrogen-bond acceptors (Lipinski definition) is 4. The van der Waals surface area contributed by atoms with Gasteiger partial charge in [0.05, 0.1) is 18.8 Å². The van der Waals surface area contributed by atoms with Gasteiger partial charge in [-0.05, 0) is 43.5 Å². The maximum absolute atomic E-state index is 12.9. The van der Waals surface area contributed by atoms with Crippen LogP contribution in [0.3, 0.4) is 0 Å². The molecule has 0 amide bonds. The smallest absolute Gasteiger partial charge is 0.222 e. The molecular weight excluding hydrogens is 319 g/mol. The lowest BCUT2D eigenvalue weighted by atomic mass is 10.1. The lowest BCUT2D eigenvalue weighted by molar-refractivity contribution is -0.168. The lowest BCUT2D eigenvalue weighted by Crippen LogP contribution is -2.30. The van der Waals surface area contributed by atoms with E-state index in [1.807, 2.05) is 13.0 Å². The summed E-state index contributed by atoms with van der Waals surface area (Å²) in [4.78, 5) is 8.53. The first-order valence-electron chi connectivity index (χ1n) is 8.18. The molecule has 1 aliphatic rings. The van der Waals surface area contributed by atoms with Gasteiger partial charge in [0.1, 0.15) is 5.82 Å². The quantitative estimate of drug-likeness (QED) is 0.634. The molecular formula is C20H19FN2O2. The van der Waals surface area contributed by atoms with Crippen LogP contribution in [0.2, 0.25) is 0 Å². The zero-order valence-corrected chi connectivity index (χ0v) is 14.0. The number of benzene rings is 1. The molecule has 0 bridgehead atoms. The molecule has 1 fully saturated rings. The van der Waals surface area contributed by atoms with Crippen molar-refractivity contribution in [1.29, 1.82) is 0 Å². The SMILES string of the molecule is C/C=C/CC1COC(C#Cc2cnc(-c3ccc(F)cc3)nc2)OC1. The van der Waals surface area contributed by atoms with E-state index in [4.69, 9.17) is 9.47 Å². The average molecular weight is 338 g/mol. The van der Waals surface area contributed by atoms with Crippen LogP contribution in [0.1, 0.15) is 18.9 Å².